The van der Waals surface area contributed by atoms with Gasteiger partial charge >= 0.3 is 0 Å². The van der Waals surface area contributed by atoms with E-state index in [1.807, 2.05) is 48.5 Å². The molecule has 5 rings (SSSR count). The summed E-state index contributed by atoms with van der Waals surface area (Å²) in [6.07, 6.45) is 2.37. The van der Waals surface area contributed by atoms with Gasteiger partial charge in [-0.3, -0.25) is 9.69 Å². The zero-order valence-corrected chi connectivity index (χ0v) is 15.9. The molecule has 3 heterocycles. The Morgan fingerprint density at radius 1 is 1.04 bits per heavy atom. The first kappa shape index (κ1) is 17.9. The molecule has 27 heavy (non-hydrogen) atoms. The van der Waals surface area contributed by atoms with E-state index >= 15 is 0 Å². The van der Waals surface area contributed by atoms with Gasteiger partial charge in [-0.15, -0.1) is 0 Å². The molecule has 3 aliphatic rings. The second-order valence-corrected chi connectivity index (χ2v) is 7.42. The number of hydrogen-bond acceptors (Lipinski definition) is 4. The smallest absolute Gasteiger partial charge is 0.251 e. The molecule has 3 fully saturated rings. The van der Waals surface area contributed by atoms with E-state index in [0.717, 1.165) is 18.8 Å². The predicted molar refractivity (Wildman–Crippen MR) is 105 cm³/mol. The molecule has 0 radical (unpaired) electrons. The molecule has 1 amide bonds. The third-order valence-electron chi connectivity index (χ3n) is 5.87. The lowest BCUT2D eigenvalue weighted by Gasteiger charge is -2.49. The van der Waals surface area contributed by atoms with Crippen LogP contribution in [0, 0.1) is 5.92 Å². The number of piperidine rings is 3. The number of nitrogens with zero attached hydrogens (tertiary/aromatic N) is 1. The van der Waals surface area contributed by atoms with Gasteiger partial charge < -0.3 is 14.8 Å². The summed E-state index contributed by atoms with van der Waals surface area (Å²) < 4.78 is 11.1. The maximum atomic E-state index is 12.7. The number of hydrogen-bond donors (Lipinski definition) is 1. The minimum atomic E-state index is -0.00599. The van der Waals surface area contributed by atoms with E-state index in [2.05, 4.69) is 17.1 Å². The number of amides is 1. The van der Waals surface area contributed by atoms with Gasteiger partial charge in [-0.2, -0.15) is 0 Å². The monoisotopic (exact) mass is 366 g/mol. The van der Waals surface area contributed by atoms with Crippen LogP contribution in [0.3, 0.4) is 0 Å². The Morgan fingerprint density at radius 3 is 2.41 bits per heavy atom. The molecule has 0 aromatic heterocycles. The van der Waals surface area contributed by atoms with Gasteiger partial charge in [-0.1, -0.05) is 6.07 Å². The van der Waals surface area contributed by atoms with Crippen molar-refractivity contribution in [3.8, 4) is 17.2 Å². The molecule has 3 saturated heterocycles. The third kappa shape index (κ3) is 3.78. The van der Waals surface area contributed by atoms with Crippen molar-refractivity contribution in [2.45, 2.75) is 31.8 Å². The molecule has 2 bridgehead atoms. The largest absolute Gasteiger partial charge is 0.497 e. The summed E-state index contributed by atoms with van der Waals surface area (Å²) in [4.78, 5) is 15.2. The molecule has 2 unspecified atom stereocenters. The first-order valence-corrected chi connectivity index (χ1v) is 9.61. The van der Waals surface area contributed by atoms with Crippen molar-refractivity contribution >= 4 is 5.91 Å². The molecule has 2 atom stereocenters. The highest BCUT2D eigenvalue weighted by Crippen LogP contribution is 2.32. The van der Waals surface area contributed by atoms with Gasteiger partial charge in [0.2, 0.25) is 0 Å². The molecule has 5 heteroatoms. The zero-order valence-electron chi connectivity index (χ0n) is 15.9. The normalized spacial score (nSPS) is 26.4. The molecule has 2 aromatic rings. The fourth-order valence-corrected chi connectivity index (χ4v) is 4.26. The lowest BCUT2D eigenvalue weighted by Crippen LogP contribution is -2.62. The number of rotatable bonds is 5. The molecule has 5 nitrogen and oxygen atoms in total. The van der Waals surface area contributed by atoms with Crippen molar-refractivity contribution in [1.82, 2.24) is 10.2 Å². The van der Waals surface area contributed by atoms with Crippen molar-refractivity contribution in [3.05, 3.63) is 54.1 Å². The number of carbonyl (C=O) groups is 1. The Labute approximate surface area is 160 Å². The summed E-state index contributed by atoms with van der Waals surface area (Å²) in [5.74, 6) is 2.73. The molecular weight excluding hydrogens is 340 g/mol. The van der Waals surface area contributed by atoms with Crippen LogP contribution in [0.25, 0.3) is 0 Å². The first-order valence-electron chi connectivity index (χ1n) is 9.61. The van der Waals surface area contributed by atoms with Crippen LogP contribution in [0.2, 0.25) is 0 Å². The Hall–Kier alpha value is -2.53. The third-order valence-corrected chi connectivity index (χ3v) is 5.87. The number of methoxy groups -OCH3 is 1. The minimum absolute atomic E-state index is 0.00599. The molecule has 1 N–H and O–H groups in total. The number of carbonyl (C=O) groups excluding carboxylic acids is 1. The Kier molecular flexibility index (Phi) is 5.03. The van der Waals surface area contributed by atoms with Gasteiger partial charge in [0.1, 0.15) is 17.2 Å². The second kappa shape index (κ2) is 7.61. The van der Waals surface area contributed by atoms with Crippen LogP contribution >= 0.6 is 0 Å². The number of ether oxygens (including phenoxy) is 2. The Balaban J connectivity index is 1.40. The Morgan fingerprint density at radius 2 is 1.74 bits per heavy atom. The summed E-state index contributed by atoms with van der Waals surface area (Å²) >= 11 is 0. The maximum absolute atomic E-state index is 12.7. The van der Waals surface area contributed by atoms with Crippen molar-refractivity contribution in [2.75, 3.05) is 20.2 Å². The predicted octanol–water partition coefficient (Wildman–Crippen LogP) is 3.70. The highest BCUT2D eigenvalue weighted by atomic mass is 16.5. The van der Waals surface area contributed by atoms with Crippen LogP contribution in [0.1, 0.15) is 30.1 Å². The topological polar surface area (TPSA) is 50.8 Å². The maximum Gasteiger partial charge on any atom is 0.251 e. The van der Waals surface area contributed by atoms with Crippen LogP contribution in [-0.2, 0) is 0 Å². The van der Waals surface area contributed by atoms with Crippen molar-refractivity contribution < 1.29 is 14.3 Å². The highest BCUT2D eigenvalue weighted by Gasteiger charge is 2.40. The number of fused-ring (bicyclic) bond motifs is 3. The summed E-state index contributed by atoms with van der Waals surface area (Å²) in [7, 11) is 1.63. The summed E-state index contributed by atoms with van der Waals surface area (Å²) in [5.41, 5.74) is 0.664. The zero-order chi connectivity index (χ0) is 18.8. The van der Waals surface area contributed by atoms with Gasteiger partial charge in [-0.05, 0) is 75.2 Å². The van der Waals surface area contributed by atoms with Crippen LogP contribution in [0.15, 0.2) is 48.5 Å². The summed E-state index contributed by atoms with van der Waals surface area (Å²) in [5, 5.41) is 3.26. The molecule has 0 saturated carbocycles. The van der Waals surface area contributed by atoms with Gasteiger partial charge in [0.25, 0.3) is 5.91 Å². The molecule has 142 valence electrons. The van der Waals surface area contributed by atoms with E-state index in [0.29, 0.717) is 29.0 Å². The van der Waals surface area contributed by atoms with Gasteiger partial charge in [-0.25, -0.2) is 0 Å². The molecule has 0 spiro atoms. The fourth-order valence-electron chi connectivity index (χ4n) is 4.26. The Bertz CT molecular complexity index is 795. The van der Waals surface area contributed by atoms with Crippen LogP contribution in [-0.4, -0.2) is 43.1 Å². The average Bonchev–Trinajstić information content (AvgIpc) is 2.71. The summed E-state index contributed by atoms with van der Waals surface area (Å²) in [6, 6.07) is 15.4. The van der Waals surface area contributed by atoms with Crippen molar-refractivity contribution in [1.29, 1.82) is 0 Å². The van der Waals surface area contributed by atoms with Crippen molar-refractivity contribution in [3.63, 3.8) is 0 Å². The molecule has 0 aliphatic carbocycles. The van der Waals surface area contributed by atoms with E-state index in [1.165, 1.54) is 12.8 Å². The molecule has 2 aromatic carbocycles. The second-order valence-electron chi connectivity index (χ2n) is 7.42. The molecule has 3 aliphatic heterocycles. The van der Waals surface area contributed by atoms with E-state index in [4.69, 9.17) is 9.47 Å². The quantitative estimate of drug-likeness (QED) is 0.877. The number of nitrogens with one attached hydrogen (secondary N) is 1. The van der Waals surface area contributed by atoms with Gasteiger partial charge in [0.05, 0.1) is 7.11 Å². The van der Waals surface area contributed by atoms with E-state index in [-0.39, 0.29) is 11.9 Å². The standard InChI is InChI=1S/C22H26N2O3/c1-15-21(16-10-12-24(15)13-11-16)23-22(25)17-6-8-18(9-7-17)27-20-5-3-4-19(14-20)26-2/h3-9,14-16,21H,10-13H2,1-2H3,(H,23,25). The molecular formula is C22H26N2O3. The summed E-state index contributed by atoms with van der Waals surface area (Å²) in [6.45, 7) is 4.55. The van der Waals surface area contributed by atoms with E-state index < -0.39 is 0 Å². The van der Waals surface area contributed by atoms with E-state index in [1.54, 1.807) is 7.11 Å². The lowest BCUT2D eigenvalue weighted by atomic mass is 9.79. The van der Waals surface area contributed by atoms with E-state index in [9.17, 15) is 4.79 Å². The lowest BCUT2D eigenvalue weighted by molar-refractivity contribution is 0.0217. The highest BCUT2D eigenvalue weighted by molar-refractivity contribution is 5.94. The van der Waals surface area contributed by atoms with Crippen molar-refractivity contribution in [2.24, 2.45) is 5.92 Å². The van der Waals surface area contributed by atoms with Crippen LogP contribution < -0.4 is 14.8 Å². The SMILES string of the molecule is COc1cccc(Oc2ccc(C(=O)NC3C4CCN(CC4)C3C)cc2)c1. The van der Waals surface area contributed by atoms with Crippen LogP contribution in [0.4, 0.5) is 0 Å². The van der Waals surface area contributed by atoms with Gasteiger partial charge in [0.15, 0.2) is 0 Å². The van der Waals surface area contributed by atoms with Gasteiger partial charge in [0, 0.05) is 23.7 Å². The van der Waals surface area contributed by atoms with Crippen LogP contribution in [0.5, 0.6) is 17.2 Å². The number of benzene rings is 2. The minimum Gasteiger partial charge on any atom is -0.497 e. The fraction of sp³-hybridized carbons (Fsp3) is 0.409. The first-order chi connectivity index (χ1) is 13.1. The average molecular weight is 366 g/mol.